The zero-order valence-corrected chi connectivity index (χ0v) is 10.7. The summed E-state index contributed by atoms with van der Waals surface area (Å²) in [5.74, 6) is -0.297. The molecule has 0 spiro atoms. The second-order valence-electron chi connectivity index (χ2n) is 3.00. The molecule has 1 unspecified atom stereocenters. The first-order valence-corrected chi connectivity index (χ1v) is 5.90. The molecule has 0 aromatic heterocycles. The summed E-state index contributed by atoms with van der Waals surface area (Å²) in [7, 11) is -3.29. The van der Waals surface area contributed by atoms with E-state index in [4.69, 9.17) is 9.29 Å². The van der Waals surface area contributed by atoms with Crippen LogP contribution in [-0.4, -0.2) is 32.2 Å². The van der Waals surface area contributed by atoms with Gasteiger partial charge < -0.3 is 4.74 Å². The predicted octanol–water partition coefficient (Wildman–Crippen LogP) is 1.34. The highest BCUT2D eigenvalue weighted by Gasteiger charge is 2.06. The van der Waals surface area contributed by atoms with Crippen molar-refractivity contribution in [2.45, 2.75) is 33.3 Å². The lowest BCUT2D eigenvalue weighted by Crippen LogP contribution is -2.13. The van der Waals surface area contributed by atoms with Crippen LogP contribution in [0.3, 0.4) is 0 Å². The van der Waals surface area contributed by atoms with Crippen LogP contribution in [0.4, 0.5) is 0 Å². The Morgan fingerprint density at radius 2 is 1.88 bits per heavy atom. The van der Waals surface area contributed by atoms with Gasteiger partial charge in [0, 0.05) is 5.57 Å². The highest BCUT2D eigenvalue weighted by atomic mass is 32.3. The third kappa shape index (κ3) is 13.1. The Morgan fingerprint density at radius 3 is 2.06 bits per heavy atom. The van der Waals surface area contributed by atoms with Crippen molar-refractivity contribution in [2.24, 2.45) is 0 Å². The van der Waals surface area contributed by atoms with Crippen LogP contribution in [0.1, 0.15) is 27.2 Å². The molecule has 0 saturated carbocycles. The third-order valence-corrected chi connectivity index (χ3v) is 1.86. The van der Waals surface area contributed by atoms with Gasteiger partial charge in [-0.2, -0.15) is 8.42 Å². The Kier molecular flexibility index (Phi) is 9.02. The molecule has 7 heteroatoms. The van der Waals surface area contributed by atoms with Crippen LogP contribution in [0.15, 0.2) is 12.2 Å². The van der Waals surface area contributed by atoms with Crippen molar-refractivity contribution in [1.82, 2.24) is 0 Å². The monoisotopic (exact) mass is 254 g/mol. The number of hydrogen-bond donors (Lipinski definition) is 1. The Hall–Kier alpha value is -0.920. The van der Waals surface area contributed by atoms with Crippen molar-refractivity contribution in [2.75, 3.05) is 7.11 Å². The molecule has 16 heavy (non-hydrogen) atoms. The van der Waals surface area contributed by atoms with Gasteiger partial charge in [0.1, 0.15) is 0 Å². The van der Waals surface area contributed by atoms with Gasteiger partial charge in [-0.1, -0.05) is 13.5 Å². The first-order chi connectivity index (χ1) is 7.14. The van der Waals surface area contributed by atoms with E-state index in [1.54, 1.807) is 6.92 Å². The summed E-state index contributed by atoms with van der Waals surface area (Å²) in [6.07, 6.45) is 0.850. The zero-order valence-electron chi connectivity index (χ0n) is 9.89. The normalized spacial score (nSPS) is 12.1. The van der Waals surface area contributed by atoms with Crippen LogP contribution < -0.4 is 0 Å². The lowest BCUT2D eigenvalue weighted by molar-refractivity contribution is -0.143. The molecule has 1 N–H and O–H groups in total. The highest BCUT2D eigenvalue weighted by molar-refractivity contribution is 7.80. The van der Waals surface area contributed by atoms with E-state index >= 15 is 0 Å². The van der Waals surface area contributed by atoms with Crippen molar-refractivity contribution in [3.63, 3.8) is 0 Å². The standard InChI is InChI=1S/C8H14O2.CH4O4S/c1-5-7(4)10-8(9)6(2)3;1-5-6(2,3)4/h7H,2,5H2,1,3-4H3;1H3,(H,2,3,4). The minimum Gasteiger partial charge on any atom is -0.459 e. The molecular weight excluding hydrogens is 236 g/mol. The topological polar surface area (TPSA) is 89.9 Å². The molecule has 0 amide bonds. The van der Waals surface area contributed by atoms with Crippen molar-refractivity contribution in [3.8, 4) is 0 Å². The molecule has 0 rings (SSSR count). The number of esters is 1. The van der Waals surface area contributed by atoms with E-state index in [1.807, 2.05) is 13.8 Å². The Labute approximate surface area is 96.2 Å². The molecule has 0 aromatic carbocycles. The van der Waals surface area contributed by atoms with Crippen LogP contribution in [0.5, 0.6) is 0 Å². The molecule has 0 saturated heterocycles. The molecular formula is C9H18O6S. The van der Waals surface area contributed by atoms with Crippen LogP contribution >= 0.6 is 0 Å². The molecule has 0 bridgehead atoms. The molecule has 0 fully saturated rings. The summed E-state index contributed by atoms with van der Waals surface area (Å²) in [4.78, 5) is 10.8. The first-order valence-electron chi connectivity index (χ1n) is 4.53. The number of carbonyl (C=O) groups is 1. The zero-order chi connectivity index (χ0) is 13.4. The lowest BCUT2D eigenvalue weighted by Gasteiger charge is -2.09. The summed E-state index contributed by atoms with van der Waals surface area (Å²) in [6, 6.07) is 0. The maximum atomic E-state index is 10.8. The molecule has 0 aliphatic heterocycles. The average Bonchev–Trinajstić information content (AvgIpc) is 2.17. The molecule has 0 heterocycles. The highest BCUT2D eigenvalue weighted by Crippen LogP contribution is 2.00. The number of ether oxygens (including phenoxy) is 1. The fraction of sp³-hybridized carbons (Fsp3) is 0.667. The number of carbonyl (C=O) groups excluding carboxylic acids is 1. The SMILES string of the molecule is C=C(C)C(=O)OC(C)CC.COS(=O)(=O)O. The van der Waals surface area contributed by atoms with E-state index in [0.717, 1.165) is 13.5 Å². The van der Waals surface area contributed by atoms with Crippen molar-refractivity contribution >= 4 is 16.4 Å². The molecule has 0 radical (unpaired) electrons. The predicted molar refractivity (Wildman–Crippen MR) is 59.2 cm³/mol. The summed E-state index contributed by atoms with van der Waals surface area (Å²) >= 11 is 0. The smallest absolute Gasteiger partial charge is 0.397 e. The maximum absolute atomic E-state index is 10.8. The van der Waals surface area contributed by atoms with Gasteiger partial charge in [-0.3, -0.25) is 8.74 Å². The van der Waals surface area contributed by atoms with Crippen molar-refractivity contribution < 1.29 is 26.7 Å². The van der Waals surface area contributed by atoms with Gasteiger partial charge in [0.05, 0.1) is 13.2 Å². The summed E-state index contributed by atoms with van der Waals surface area (Å²) in [5, 5.41) is 0. The van der Waals surface area contributed by atoms with E-state index in [-0.39, 0.29) is 12.1 Å². The van der Waals surface area contributed by atoms with Gasteiger partial charge in [-0.25, -0.2) is 4.79 Å². The van der Waals surface area contributed by atoms with Crippen LogP contribution in [0.25, 0.3) is 0 Å². The Morgan fingerprint density at radius 1 is 1.50 bits per heavy atom. The third-order valence-electron chi connectivity index (χ3n) is 1.44. The second kappa shape index (κ2) is 8.26. The quantitative estimate of drug-likeness (QED) is 0.462. The van der Waals surface area contributed by atoms with Gasteiger partial charge in [0.2, 0.25) is 0 Å². The van der Waals surface area contributed by atoms with Crippen molar-refractivity contribution in [1.29, 1.82) is 0 Å². The van der Waals surface area contributed by atoms with Crippen LogP contribution in [0, 0.1) is 0 Å². The molecule has 6 nitrogen and oxygen atoms in total. The first kappa shape index (κ1) is 17.5. The fourth-order valence-corrected chi connectivity index (χ4v) is 0.367. The Balaban J connectivity index is 0. The van der Waals surface area contributed by atoms with E-state index in [2.05, 4.69) is 10.8 Å². The van der Waals surface area contributed by atoms with E-state index < -0.39 is 10.4 Å². The fourth-order valence-electron chi connectivity index (χ4n) is 0.367. The van der Waals surface area contributed by atoms with E-state index in [0.29, 0.717) is 5.57 Å². The van der Waals surface area contributed by atoms with Gasteiger partial charge in [0.25, 0.3) is 0 Å². The number of rotatable bonds is 4. The summed E-state index contributed by atoms with van der Waals surface area (Å²) < 4.78 is 34.6. The van der Waals surface area contributed by atoms with Crippen LogP contribution in [-0.2, 0) is 24.1 Å². The minimum absolute atomic E-state index is 0.00389. The van der Waals surface area contributed by atoms with Crippen LogP contribution in [0.2, 0.25) is 0 Å². The molecule has 1 atom stereocenters. The maximum Gasteiger partial charge on any atom is 0.397 e. The molecule has 0 aliphatic rings. The minimum atomic E-state index is -4.16. The van der Waals surface area contributed by atoms with Gasteiger partial charge >= 0.3 is 16.4 Å². The van der Waals surface area contributed by atoms with E-state index in [1.165, 1.54) is 0 Å². The Bertz CT molecular complexity index is 319. The summed E-state index contributed by atoms with van der Waals surface area (Å²) in [5.41, 5.74) is 0.459. The van der Waals surface area contributed by atoms with Gasteiger partial charge in [0.15, 0.2) is 0 Å². The molecule has 0 aliphatic carbocycles. The second-order valence-corrected chi connectivity index (χ2v) is 4.19. The summed E-state index contributed by atoms with van der Waals surface area (Å²) in [6.45, 7) is 8.94. The van der Waals surface area contributed by atoms with Gasteiger partial charge in [-0.15, -0.1) is 0 Å². The van der Waals surface area contributed by atoms with E-state index in [9.17, 15) is 13.2 Å². The average molecular weight is 254 g/mol. The largest absolute Gasteiger partial charge is 0.459 e. The van der Waals surface area contributed by atoms with Gasteiger partial charge in [-0.05, 0) is 20.3 Å². The molecule has 0 aromatic rings. The lowest BCUT2D eigenvalue weighted by atomic mass is 10.3. The molecule has 96 valence electrons. The number of hydrogen-bond acceptors (Lipinski definition) is 5. The van der Waals surface area contributed by atoms with Crippen molar-refractivity contribution in [3.05, 3.63) is 12.2 Å².